The van der Waals surface area contributed by atoms with Gasteiger partial charge in [0.05, 0.1) is 70.1 Å². The van der Waals surface area contributed by atoms with Crippen LogP contribution in [0.15, 0.2) is 183 Å². The molecule has 0 aliphatic heterocycles. The number of esters is 1. The Morgan fingerprint density at radius 3 is 1.44 bits per heavy atom. The first-order valence-electron chi connectivity index (χ1n) is 41.3. The van der Waals surface area contributed by atoms with Crippen LogP contribution in [0.5, 0.6) is 69.0 Å². The number of Topliss-reactive ketones (excluding diaryl/α,β-unsaturated/α-hetero) is 3. The number of halogens is 5. The zero-order valence-corrected chi connectivity index (χ0v) is 84.6. The molecule has 11 aromatic carbocycles. The van der Waals surface area contributed by atoms with Gasteiger partial charge < -0.3 is 62.4 Å². The molecule has 0 amide bonds. The fourth-order valence-electron chi connectivity index (χ4n) is 16.0. The van der Waals surface area contributed by atoms with Crippen LogP contribution in [0.3, 0.4) is 0 Å². The first-order valence-corrected chi connectivity index (χ1v) is 55.7. The van der Waals surface area contributed by atoms with Gasteiger partial charge in [-0.2, -0.15) is 15.8 Å². The maximum absolute atomic E-state index is 13.1. The second-order valence-electron chi connectivity index (χ2n) is 31.5. The van der Waals surface area contributed by atoms with Crippen LogP contribution in [-0.2, 0) is 48.1 Å². The number of aryl methyl sites for hydroxylation is 6. The van der Waals surface area contributed by atoms with E-state index in [2.05, 4.69) is 112 Å². The van der Waals surface area contributed by atoms with E-state index in [-0.39, 0.29) is 65.8 Å². The van der Waals surface area contributed by atoms with Crippen molar-refractivity contribution < 1.29 is 91.1 Å². The summed E-state index contributed by atoms with van der Waals surface area (Å²) in [6.45, 7) is 1.40. The Morgan fingerprint density at radius 2 is 0.885 bits per heavy atom. The number of ether oxygens (including phenoxy) is 9. The Hall–Kier alpha value is -11.9. The van der Waals surface area contributed by atoms with Crippen LogP contribution in [0.1, 0.15) is 143 Å². The van der Waals surface area contributed by atoms with Crippen LogP contribution in [-0.4, -0.2) is 127 Å². The fourth-order valence-corrected chi connectivity index (χ4v) is 21.2. The van der Waals surface area contributed by atoms with E-state index in [4.69, 9.17) is 56.7 Å². The molecule has 30 heteroatoms. The largest absolute Gasteiger partial charge is 0.508 e. The minimum Gasteiger partial charge on any atom is -0.508 e. The van der Waals surface area contributed by atoms with Crippen molar-refractivity contribution in [2.75, 3.05) is 56.9 Å². The number of benzene rings is 11. The molecule has 5 aliphatic rings. The summed E-state index contributed by atoms with van der Waals surface area (Å²) in [4.78, 5) is 54.3. The average Bonchev–Trinajstić information content (AvgIpc) is 1.61. The molecular weight excluding hydrogens is 2100 g/mol. The summed E-state index contributed by atoms with van der Waals surface area (Å²) in [7, 11) is 12.7. The molecule has 4 N–H and O–H groups in total. The van der Waals surface area contributed by atoms with E-state index in [0.717, 1.165) is 163 Å². The minimum atomic E-state index is -2.30. The van der Waals surface area contributed by atoms with E-state index in [1.54, 1.807) is 109 Å². The Labute approximate surface area is 804 Å². The summed E-state index contributed by atoms with van der Waals surface area (Å²) in [5.74, 6) is 6.83. The molecule has 0 fully saturated rings. The second kappa shape index (κ2) is 45.3. The quantitative estimate of drug-likeness (QED) is 0.0531. The number of rotatable bonds is 11. The standard InChI is InChI=1S/C20H19NO4.C17H11NO3.C17H9NO3.C13H13BrO3.C11H11BrO2.C11H12O2.C9H8NO2.3CH3.BBr3.Sn/c1-23-14-6-4-12-5-7-16(19(22)17(12)9-14)18-10-15(24-2)8-13(11-21)20(18)25-3;2*18-8-10-5-12(20)7-15-13-4-2-9-1-3-11(19)6-14(9)17(13)21-16(10)15;1-8(15)17-13-11-7-10(16-2)5-3-9(11)4-6-12(13)14;1-14-8-4-2-7-3-5-10(12)11(13)9(7)6-8;1-13-9-6-5-8-3-2-4-11(12)10(8)7-9;1-11-8-3-4-9(12-2)7(5-8)6-10;;;;2-1(3)4;/h4,6,8-10,16H,5,7H2,1-3H3;1,3,5-7,19-20H,2,4H2;1-7,19-20H;3,5,7H,4,6H2,1-2H3;2,4,6,10H,3,5H2,1H3;5-7H,2-4H2,1H3;3,5H,1-2H3;3*1H3;;. The van der Waals surface area contributed by atoms with Crippen LogP contribution < -0.4 is 41.5 Å². The molecule has 0 saturated heterocycles. The molecule has 13 aromatic rings. The number of hydrogen-bond acceptors (Lipinski definition) is 23. The number of fused-ring (bicyclic) bond motifs is 14. The van der Waals surface area contributed by atoms with Gasteiger partial charge in [-0.15, -0.1) is 47.3 Å². The topological polar surface area (TPSA) is 354 Å². The molecule has 5 aliphatic carbocycles. The Balaban J connectivity index is 0.000000148. The number of aromatic hydroxyl groups is 4. The first-order chi connectivity index (χ1) is 62.8. The molecule has 2 unspecified atom stereocenters. The third-order valence-electron chi connectivity index (χ3n) is 22.4. The summed E-state index contributed by atoms with van der Waals surface area (Å²) in [6.07, 6.45) is 9.38. The Kier molecular flexibility index (Phi) is 34.4. The molecule has 672 valence electrons. The van der Waals surface area contributed by atoms with Crippen molar-refractivity contribution in [1.29, 1.82) is 21.0 Å². The molecule has 18 rings (SSSR count). The average molecular weight is 2190 g/mol. The van der Waals surface area contributed by atoms with Crippen molar-refractivity contribution in [3.63, 3.8) is 0 Å². The number of phenols is 4. The van der Waals surface area contributed by atoms with Crippen molar-refractivity contribution in [2.24, 2.45) is 0 Å². The van der Waals surface area contributed by atoms with E-state index in [1.165, 1.54) is 42.4 Å². The number of hydrogen-bond donors (Lipinski definition) is 4. The number of nitrogens with zero attached hydrogens (tertiary/aromatic N) is 4. The molecule has 0 spiro atoms. The summed E-state index contributed by atoms with van der Waals surface area (Å²) < 4.78 is 61.3. The predicted octanol–water partition coefficient (Wildman–Crippen LogP) is 23.3. The maximum atomic E-state index is 13.1. The van der Waals surface area contributed by atoms with E-state index in [1.807, 2.05) is 97.1 Å². The van der Waals surface area contributed by atoms with E-state index in [9.17, 15) is 55.4 Å². The van der Waals surface area contributed by atoms with Crippen molar-refractivity contribution in [3.05, 3.63) is 258 Å². The van der Waals surface area contributed by atoms with Gasteiger partial charge in [-0.05, 0) is 194 Å². The van der Waals surface area contributed by atoms with Gasteiger partial charge in [0.1, 0.15) is 92.8 Å². The van der Waals surface area contributed by atoms with Gasteiger partial charge >= 0.3 is 110 Å². The fraction of sp³-hybridized carbons (Fsp3) is 0.248. The first kappa shape index (κ1) is 99.6. The van der Waals surface area contributed by atoms with Gasteiger partial charge in [0, 0.05) is 96.5 Å². The number of furan rings is 2. The number of carbonyl (C=O) groups excluding carboxylic acids is 4. The number of methoxy groups -OCH3 is 8. The van der Waals surface area contributed by atoms with E-state index < -0.39 is 18.4 Å². The number of ketones is 3. The molecule has 0 bridgehead atoms. The third kappa shape index (κ3) is 23.7. The smallest absolute Gasteiger partial charge is 0.308 e. The van der Waals surface area contributed by atoms with Gasteiger partial charge in [0.25, 0.3) is 0 Å². The van der Waals surface area contributed by atoms with E-state index in [0.29, 0.717) is 91.6 Å². The number of allylic oxidation sites excluding steroid dienone is 1. The summed E-state index contributed by atoms with van der Waals surface area (Å²) in [5, 5.41) is 79.7. The molecule has 0 radical (unpaired) electrons. The summed E-state index contributed by atoms with van der Waals surface area (Å²) in [6, 6.07) is 58.5. The van der Waals surface area contributed by atoms with Crippen LogP contribution in [0.25, 0.3) is 60.8 Å². The molecule has 2 aromatic heterocycles. The van der Waals surface area contributed by atoms with Crippen LogP contribution in [0.4, 0.5) is 0 Å². The zero-order chi connectivity index (χ0) is 94.8. The molecule has 2 heterocycles. The van der Waals surface area contributed by atoms with Crippen LogP contribution in [0, 0.1) is 45.3 Å². The van der Waals surface area contributed by atoms with Gasteiger partial charge in [-0.25, -0.2) is 0 Å². The Bertz CT molecular complexity index is 6750. The van der Waals surface area contributed by atoms with Crippen molar-refractivity contribution in [2.45, 2.75) is 103 Å². The SMILES string of the molecule is BrB(Br)Br.COc1cc(C#N)c(OC)[c]([Sn]([CH3])([CH3])[CH3])c1.COc1ccc2c(c1)C(=O)C(Br)CC2.COc1ccc2c(c1)C(=O)C(c1cc(OC)cc(C#N)c1OC)CC2.COc1ccc2c(c1)C(=O)CCC2.COc1ccc2c(c1)C(OC(C)=O)=C(Br)CC2.N#Cc1cc(O)cc2c1oc1c3cc(O)ccc3ccc21.N#Cc1cc(O)cc2c3c(oc12)-c1cc(O)ccc1CC3. The number of alkyl halides is 1. The molecule has 2 atom stereocenters. The number of carbonyl (C=O) groups is 4. The van der Waals surface area contributed by atoms with Gasteiger partial charge in [-0.3, -0.25) is 19.2 Å². The van der Waals surface area contributed by atoms with Crippen LogP contribution in [0.2, 0.25) is 14.8 Å². The second-order valence-corrected chi connectivity index (χ2v) is 54.3. The molecule has 0 saturated carbocycles. The normalized spacial score (nSPS) is 13.9. The molecule has 131 heavy (non-hydrogen) atoms. The minimum absolute atomic E-state index is 0.00981. The zero-order valence-electron chi connectivity index (χ0n) is 73.8. The predicted molar refractivity (Wildman–Crippen MR) is 526 cm³/mol. The van der Waals surface area contributed by atoms with Gasteiger partial charge in [-0.1, -0.05) is 74.3 Å². The number of nitriles is 4. The van der Waals surface area contributed by atoms with Crippen molar-refractivity contribution >= 4 is 177 Å². The molecule has 23 nitrogen and oxygen atoms in total. The van der Waals surface area contributed by atoms with Crippen LogP contribution >= 0.6 is 79.1 Å². The van der Waals surface area contributed by atoms with Crippen molar-refractivity contribution in [3.8, 4) is 105 Å². The Morgan fingerprint density at radius 1 is 0.427 bits per heavy atom. The third-order valence-corrected chi connectivity index (χ3v) is 29.7. The maximum Gasteiger partial charge on any atom is 0.308 e. The van der Waals surface area contributed by atoms with Gasteiger partial charge in [0.2, 0.25) is 0 Å². The summed E-state index contributed by atoms with van der Waals surface area (Å²) >= 11 is 13.9. The molecular formula is C101H92BBr5N4O19Sn. The summed E-state index contributed by atoms with van der Waals surface area (Å²) in [5.41, 5.74) is 14.4. The van der Waals surface area contributed by atoms with Gasteiger partial charge in [0.15, 0.2) is 28.5 Å². The van der Waals surface area contributed by atoms with Crippen molar-refractivity contribution in [1.82, 2.24) is 0 Å². The monoisotopic (exact) mass is 2190 g/mol. The van der Waals surface area contributed by atoms with E-state index >= 15 is 0 Å². The number of phenolic OH excluding ortho intramolecular Hbond substituents is 4.